The third-order valence-electron chi connectivity index (χ3n) is 5.38. The minimum atomic E-state index is 0. The molecule has 0 N–H and O–H groups in total. The molecule has 0 bridgehead atoms. The van der Waals surface area contributed by atoms with Crippen LogP contribution in [0.3, 0.4) is 0 Å². The SMILES string of the molecule is CC1(C)CC2CC(C)(C)[N-]C2=N1.CC1(C)CC2CC(C)(C)[N-]C2=N1.[Fe+2]. The summed E-state index contributed by atoms with van der Waals surface area (Å²) in [5, 5.41) is 9.26. The van der Waals surface area contributed by atoms with Gasteiger partial charge in [-0.3, -0.25) is 0 Å². The van der Waals surface area contributed by atoms with Crippen molar-refractivity contribution in [2.24, 2.45) is 21.8 Å². The second-order valence-electron chi connectivity index (χ2n) is 10.6. The van der Waals surface area contributed by atoms with Crippen molar-refractivity contribution in [1.82, 2.24) is 0 Å². The Morgan fingerprint density at radius 3 is 1.24 bits per heavy atom. The molecular formula is C20H34FeN4. The Morgan fingerprint density at radius 2 is 0.960 bits per heavy atom. The van der Waals surface area contributed by atoms with Gasteiger partial charge in [0.15, 0.2) is 0 Å². The van der Waals surface area contributed by atoms with Gasteiger partial charge in [-0.05, 0) is 59.7 Å². The molecule has 0 amide bonds. The molecule has 0 aromatic rings. The number of nitrogens with zero attached hydrogens (tertiary/aromatic N) is 4. The molecule has 0 aromatic carbocycles. The first kappa shape index (κ1) is 20.8. The van der Waals surface area contributed by atoms with Gasteiger partial charge in [0.05, 0.1) is 0 Å². The first-order valence-electron chi connectivity index (χ1n) is 9.41. The fraction of sp³-hybridized carbons (Fsp3) is 0.900. The summed E-state index contributed by atoms with van der Waals surface area (Å²) in [7, 11) is 0. The summed E-state index contributed by atoms with van der Waals surface area (Å²) >= 11 is 0. The van der Waals surface area contributed by atoms with E-state index >= 15 is 0 Å². The second kappa shape index (κ2) is 6.27. The van der Waals surface area contributed by atoms with E-state index in [1.807, 2.05) is 0 Å². The van der Waals surface area contributed by atoms with Crippen molar-refractivity contribution >= 4 is 11.7 Å². The van der Waals surface area contributed by atoms with Crippen LogP contribution >= 0.6 is 0 Å². The molecule has 25 heavy (non-hydrogen) atoms. The van der Waals surface area contributed by atoms with Gasteiger partial charge in [-0.15, -0.1) is 0 Å². The van der Waals surface area contributed by atoms with E-state index in [1.165, 1.54) is 25.7 Å². The van der Waals surface area contributed by atoms with Crippen LogP contribution in [0.25, 0.3) is 10.6 Å². The third kappa shape index (κ3) is 4.80. The molecule has 4 rings (SSSR count). The molecule has 0 aliphatic carbocycles. The number of hydrogen-bond acceptors (Lipinski definition) is 2. The smallest absolute Gasteiger partial charge is 0.463 e. The molecule has 0 radical (unpaired) electrons. The van der Waals surface area contributed by atoms with Crippen molar-refractivity contribution < 1.29 is 17.1 Å². The number of fused-ring (bicyclic) bond motifs is 2. The Labute approximate surface area is 164 Å². The maximum absolute atomic E-state index is 4.63. The standard InChI is InChI=1S/2C10H17N2.Fe/c2*1-9(2)5-7-6-10(3,4)12-8(7)11-9;/h2*7H,5-6H2,1-4H3;/q2*-1;+2. The van der Waals surface area contributed by atoms with Crippen LogP contribution in [0, 0.1) is 11.8 Å². The molecule has 2 atom stereocenters. The molecule has 4 aliphatic heterocycles. The molecule has 142 valence electrons. The minimum absolute atomic E-state index is 0. The van der Waals surface area contributed by atoms with Gasteiger partial charge in [0.1, 0.15) is 0 Å². The molecule has 0 saturated carbocycles. The van der Waals surface area contributed by atoms with Crippen LogP contribution in [0.2, 0.25) is 0 Å². The van der Waals surface area contributed by atoms with Gasteiger partial charge >= 0.3 is 17.1 Å². The van der Waals surface area contributed by atoms with Crippen LogP contribution in [-0.2, 0) is 17.1 Å². The zero-order valence-electron chi connectivity index (χ0n) is 17.1. The fourth-order valence-electron chi connectivity index (χ4n) is 4.76. The normalized spacial score (nSPS) is 34.2. The molecule has 2 fully saturated rings. The molecule has 0 aromatic heterocycles. The number of amidine groups is 2. The summed E-state index contributed by atoms with van der Waals surface area (Å²) in [5.41, 5.74) is 0.611. The Bertz CT molecular complexity index is 535. The van der Waals surface area contributed by atoms with Crippen LogP contribution in [-0.4, -0.2) is 33.8 Å². The van der Waals surface area contributed by atoms with Gasteiger partial charge in [-0.1, -0.05) is 67.1 Å². The summed E-state index contributed by atoms with van der Waals surface area (Å²) in [4.78, 5) is 9.26. The van der Waals surface area contributed by atoms with Crippen molar-refractivity contribution in [3.05, 3.63) is 10.6 Å². The van der Waals surface area contributed by atoms with Crippen molar-refractivity contribution in [3.63, 3.8) is 0 Å². The Hall–Kier alpha value is -0.541. The van der Waals surface area contributed by atoms with Crippen molar-refractivity contribution in [2.75, 3.05) is 0 Å². The molecular weight excluding hydrogens is 352 g/mol. The maximum atomic E-state index is 4.63. The van der Waals surface area contributed by atoms with Gasteiger partial charge in [-0.25, -0.2) is 0 Å². The first-order valence-corrected chi connectivity index (χ1v) is 9.41. The van der Waals surface area contributed by atoms with Gasteiger partial charge < -0.3 is 20.6 Å². The molecule has 5 heteroatoms. The van der Waals surface area contributed by atoms with E-state index in [2.05, 4.69) is 76.0 Å². The Balaban J connectivity index is 0.000000173. The van der Waals surface area contributed by atoms with E-state index in [1.54, 1.807) is 0 Å². The Kier molecular flexibility index (Phi) is 5.20. The van der Waals surface area contributed by atoms with E-state index in [0.717, 1.165) is 11.7 Å². The number of rotatable bonds is 0. The van der Waals surface area contributed by atoms with Crippen molar-refractivity contribution in [2.45, 2.75) is 103 Å². The monoisotopic (exact) mass is 386 g/mol. The summed E-state index contributed by atoms with van der Waals surface area (Å²) in [6, 6.07) is 0. The topological polar surface area (TPSA) is 52.9 Å². The molecule has 4 heterocycles. The van der Waals surface area contributed by atoms with E-state index < -0.39 is 0 Å². The average Bonchev–Trinajstić information content (AvgIpc) is 2.89. The van der Waals surface area contributed by atoms with Crippen LogP contribution in [0.4, 0.5) is 0 Å². The number of hydrogen-bond donors (Lipinski definition) is 0. The van der Waals surface area contributed by atoms with E-state index in [9.17, 15) is 0 Å². The van der Waals surface area contributed by atoms with Crippen LogP contribution in [0.15, 0.2) is 9.98 Å². The third-order valence-corrected chi connectivity index (χ3v) is 5.38. The van der Waals surface area contributed by atoms with E-state index in [-0.39, 0.29) is 39.2 Å². The summed E-state index contributed by atoms with van der Waals surface area (Å²) < 4.78 is 0. The van der Waals surface area contributed by atoms with Gasteiger partial charge in [0.25, 0.3) is 0 Å². The predicted octanol–water partition coefficient (Wildman–Crippen LogP) is 5.48. The first-order chi connectivity index (χ1) is 10.8. The van der Waals surface area contributed by atoms with Crippen LogP contribution in [0.1, 0.15) is 81.1 Å². The molecule has 4 nitrogen and oxygen atoms in total. The fourth-order valence-corrected chi connectivity index (χ4v) is 4.76. The molecule has 4 aliphatic rings. The van der Waals surface area contributed by atoms with Crippen LogP contribution < -0.4 is 0 Å². The quantitative estimate of drug-likeness (QED) is 0.496. The summed E-state index contributed by atoms with van der Waals surface area (Å²) in [6.07, 6.45) is 4.76. The predicted molar refractivity (Wildman–Crippen MR) is 103 cm³/mol. The maximum Gasteiger partial charge on any atom is 2.00 e. The second-order valence-corrected chi connectivity index (χ2v) is 10.6. The molecule has 0 spiro atoms. The van der Waals surface area contributed by atoms with E-state index in [4.69, 9.17) is 0 Å². The zero-order chi connectivity index (χ0) is 18.0. The van der Waals surface area contributed by atoms with Gasteiger partial charge in [0, 0.05) is 0 Å². The van der Waals surface area contributed by atoms with Crippen molar-refractivity contribution in [1.29, 1.82) is 0 Å². The Morgan fingerprint density at radius 1 is 0.640 bits per heavy atom. The largest absolute Gasteiger partial charge is 2.00 e. The summed E-state index contributed by atoms with van der Waals surface area (Å²) in [6.45, 7) is 17.6. The molecule has 2 unspecified atom stereocenters. The minimum Gasteiger partial charge on any atom is -0.463 e. The van der Waals surface area contributed by atoms with Crippen LogP contribution in [0.5, 0.6) is 0 Å². The van der Waals surface area contributed by atoms with Gasteiger partial charge in [-0.2, -0.15) is 0 Å². The van der Waals surface area contributed by atoms with E-state index in [0.29, 0.717) is 11.8 Å². The average molecular weight is 386 g/mol. The van der Waals surface area contributed by atoms with Crippen molar-refractivity contribution in [3.8, 4) is 0 Å². The number of aliphatic imine (C=N–C) groups is 2. The molecule has 2 saturated heterocycles. The summed E-state index contributed by atoms with van der Waals surface area (Å²) in [5.74, 6) is 3.56. The van der Waals surface area contributed by atoms with Gasteiger partial charge in [0.2, 0.25) is 0 Å². The zero-order valence-corrected chi connectivity index (χ0v) is 18.2.